The molecule has 1 aromatic carbocycles. The fourth-order valence-electron chi connectivity index (χ4n) is 0.888. The first-order valence-electron chi connectivity index (χ1n) is 4.03. The van der Waals surface area contributed by atoms with Gasteiger partial charge in [0.25, 0.3) is 0 Å². The molecule has 0 radical (unpaired) electrons. The SMILES string of the molecule is NC(=O)OC/C=C/c1ccc(Cl)cc1. The molecule has 14 heavy (non-hydrogen) atoms. The predicted molar refractivity (Wildman–Crippen MR) is 56.0 cm³/mol. The highest BCUT2D eigenvalue weighted by Gasteiger charge is 1.89. The lowest BCUT2D eigenvalue weighted by molar-refractivity contribution is 0.169. The molecule has 0 saturated carbocycles. The highest BCUT2D eigenvalue weighted by molar-refractivity contribution is 6.30. The van der Waals surface area contributed by atoms with E-state index in [1.165, 1.54) is 0 Å². The Morgan fingerprint density at radius 1 is 1.43 bits per heavy atom. The maximum absolute atomic E-state index is 10.2. The summed E-state index contributed by atoms with van der Waals surface area (Å²) in [7, 11) is 0. The van der Waals surface area contributed by atoms with Gasteiger partial charge in [-0.2, -0.15) is 0 Å². The van der Waals surface area contributed by atoms with E-state index < -0.39 is 6.09 Å². The summed E-state index contributed by atoms with van der Waals surface area (Å²) < 4.78 is 4.51. The first-order chi connectivity index (χ1) is 6.68. The van der Waals surface area contributed by atoms with Gasteiger partial charge in [0.2, 0.25) is 0 Å². The molecule has 74 valence electrons. The molecule has 0 unspecified atom stereocenters. The Kier molecular flexibility index (Phi) is 4.01. The Balaban J connectivity index is 2.44. The van der Waals surface area contributed by atoms with E-state index in [0.717, 1.165) is 5.56 Å². The van der Waals surface area contributed by atoms with Crippen LogP contribution in [0.25, 0.3) is 6.08 Å². The van der Waals surface area contributed by atoms with Crippen LogP contribution in [0.3, 0.4) is 0 Å². The van der Waals surface area contributed by atoms with Gasteiger partial charge in [-0.25, -0.2) is 4.79 Å². The lowest BCUT2D eigenvalue weighted by atomic mass is 10.2. The van der Waals surface area contributed by atoms with Crippen LogP contribution in [0.15, 0.2) is 30.3 Å². The molecule has 2 N–H and O–H groups in total. The van der Waals surface area contributed by atoms with Gasteiger partial charge in [-0.05, 0) is 23.8 Å². The van der Waals surface area contributed by atoms with E-state index >= 15 is 0 Å². The maximum atomic E-state index is 10.2. The van der Waals surface area contributed by atoms with Crippen LogP contribution in [0.5, 0.6) is 0 Å². The molecule has 0 atom stereocenters. The minimum absolute atomic E-state index is 0.179. The first-order valence-corrected chi connectivity index (χ1v) is 4.40. The van der Waals surface area contributed by atoms with E-state index in [4.69, 9.17) is 17.3 Å². The Hall–Kier alpha value is -1.48. The van der Waals surface area contributed by atoms with Crippen molar-refractivity contribution in [1.29, 1.82) is 0 Å². The number of carbonyl (C=O) groups is 1. The lowest BCUT2D eigenvalue weighted by Gasteiger charge is -1.95. The van der Waals surface area contributed by atoms with Gasteiger partial charge in [-0.1, -0.05) is 29.8 Å². The molecule has 0 bridgehead atoms. The fraction of sp³-hybridized carbons (Fsp3) is 0.100. The molecule has 0 aliphatic rings. The van der Waals surface area contributed by atoms with Crippen molar-refractivity contribution >= 4 is 23.8 Å². The van der Waals surface area contributed by atoms with Crippen molar-refractivity contribution in [3.8, 4) is 0 Å². The van der Waals surface area contributed by atoms with E-state index in [-0.39, 0.29) is 6.61 Å². The van der Waals surface area contributed by atoms with Crippen molar-refractivity contribution in [3.63, 3.8) is 0 Å². The molecule has 3 nitrogen and oxygen atoms in total. The summed E-state index contributed by atoms with van der Waals surface area (Å²) in [5.41, 5.74) is 5.77. The summed E-state index contributed by atoms with van der Waals surface area (Å²) in [6.07, 6.45) is 2.75. The standard InChI is InChI=1S/C10H10ClNO2/c11-9-5-3-8(4-6-9)2-1-7-14-10(12)13/h1-6H,7H2,(H2,12,13)/b2-1+. The topological polar surface area (TPSA) is 52.3 Å². The maximum Gasteiger partial charge on any atom is 0.404 e. The number of primary amides is 1. The van der Waals surface area contributed by atoms with E-state index in [2.05, 4.69) is 4.74 Å². The van der Waals surface area contributed by atoms with Gasteiger partial charge >= 0.3 is 6.09 Å². The van der Waals surface area contributed by atoms with Crippen LogP contribution in [0.4, 0.5) is 4.79 Å². The molecule has 0 aliphatic carbocycles. The van der Waals surface area contributed by atoms with Gasteiger partial charge < -0.3 is 10.5 Å². The number of nitrogens with two attached hydrogens (primary N) is 1. The second-order valence-electron chi connectivity index (χ2n) is 2.58. The summed E-state index contributed by atoms with van der Waals surface area (Å²) in [4.78, 5) is 10.2. The van der Waals surface area contributed by atoms with Gasteiger partial charge in [-0.15, -0.1) is 0 Å². The minimum atomic E-state index is -0.772. The Morgan fingerprint density at radius 2 is 2.07 bits per heavy atom. The van der Waals surface area contributed by atoms with Crippen LogP contribution in [0.1, 0.15) is 5.56 Å². The van der Waals surface area contributed by atoms with Crippen LogP contribution in [-0.4, -0.2) is 12.7 Å². The van der Waals surface area contributed by atoms with Gasteiger partial charge in [-0.3, -0.25) is 0 Å². The van der Waals surface area contributed by atoms with Gasteiger partial charge in [0.15, 0.2) is 0 Å². The summed E-state index contributed by atoms with van der Waals surface area (Å²) in [5.74, 6) is 0. The average molecular weight is 212 g/mol. The summed E-state index contributed by atoms with van der Waals surface area (Å²) in [6.45, 7) is 0.179. The van der Waals surface area contributed by atoms with Crippen molar-refractivity contribution in [2.75, 3.05) is 6.61 Å². The fourth-order valence-corrected chi connectivity index (χ4v) is 1.01. The van der Waals surface area contributed by atoms with Crippen molar-refractivity contribution < 1.29 is 9.53 Å². The zero-order valence-corrected chi connectivity index (χ0v) is 8.20. The van der Waals surface area contributed by atoms with E-state index in [1.807, 2.05) is 18.2 Å². The first kappa shape index (κ1) is 10.6. The third-order valence-electron chi connectivity index (χ3n) is 1.50. The number of ether oxygens (including phenoxy) is 1. The molecule has 0 aliphatic heterocycles. The Bertz CT molecular complexity index is 332. The number of benzene rings is 1. The van der Waals surface area contributed by atoms with E-state index in [9.17, 15) is 4.79 Å². The summed E-state index contributed by atoms with van der Waals surface area (Å²) >= 11 is 5.70. The van der Waals surface area contributed by atoms with Crippen molar-refractivity contribution in [2.24, 2.45) is 5.73 Å². The second kappa shape index (κ2) is 5.29. The normalized spacial score (nSPS) is 10.4. The van der Waals surface area contributed by atoms with Gasteiger partial charge in [0, 0.05) is 5.02 Å². The average Bonchev–Trinajstić information content (AvgIpc) is 2.15. The van der Waals surface area contributed by atoms with E-state index in [1.54, 1.807) is 18.2 Å². The second-order valence-corrected chi connectivity index (χ2v) is 3.02. The molecule has 0 aromatic heterocycles. The summed E-state index contributed by atoms with van der Waals surface area (Å²) in [5, 5.41) is 0.690. The number of amides is 1. The smallest absolute Gasteiger partial charge is 0.404 e. The van der Waals surface area contributed by atoms with Crippen molar-refractivity contribution in [1.82, 2.24) is 0 Å². The molecule has 0 spiro atoms. The zero-order valence-electron chi connectivity index (χ0n) is 7.44. The number of rotatable bonds is 3. The van der Waals surface area contributed by atoms with Crippen LogP contribution < -0.4 is 5.73 Å². The lowest BCUT2D eigenvalue weighted by Crippen LogP contribution is -2.12. The predicted octanol–water partition coefficient (Wildman–Crippen LogP) is 2.45. The number of halogens is 1. The number of hydrogen-bond donors (Lipinski definition) is 1. The third kappa shape index (κ3) is 3.96. The van der Waals surface area contributed by atoms with Gasteiger partial charge in [0.05, 0.1) is 0 Å². The molecular formula is C10H10ClNO2. The van der Waals surface area contributed by atoms with E-state index in [0.29, 0.717) is 5.02 Å². The van der Waals surface area contributed by atoms with Crippen LogP contribution in [0, 0.1) is 0 Å². The quantitative estimate of drug-likeness (QED) is 0.835. The zero-order chi connectivity index (χ0) is 10.4. The minimum Gasteiger partial charge on any atom is -0.445 e. The molecular weight excluding hydrogens is 202 g/mol. The molecule has 1 amide bonds. The molecule has 1 rings (SSSR count). The van der Waals surface area contributed by atoms with Crippen molar-refractivity contribution in [2.45, 2.75) is 0 Å². The molecule has 0 heterocycles. The Morgan fingerprint density at radius 3 is 2.64 bits per heavy atom. The van der Waals surface area contributed by atoms with Crippen molar-refractivity contribution in [3.05, 3.63) is 40.9 Å². The highest BCUT2D eigenvalue weighted by atomic mass is 35.5. The van der Waals surface area contributed by atoms with Gasteiger partial charge in [0.1, 0.15) is 6.61 Å². The van der Waals surface area contributed by atoms with Crippen LogP contribution >= 0.6 is 11.6 Å². The van der Waals surface area contributed by atoms with Crippen LogP contribution in [-0.2, 0) is 4.74 Å². The van der Waals surface area contributed by atoms with Crippen LogP contribution in [0.2, 0.25) is 5.02 Å². The number of hydrogen-bond acceptors (Lipinski definition) is 2. The third-order valence-corrected chi connectivity index (χ3v) is 1.75. The molecule has 4 heteroatoms. The monoisotopic (exact) mass is 211 g/mol. The number of carbonyl (C=O) groups excluding carboxylic acids is 1. The molecule has 1 aromatic rings. The highest BCUT2D eigenvalue weighted by Crippen LogP contribution is 2.10. The molecule has 0 saturated heterocycles. The largest absolute Gasteiger partial charge is 0.445 e. The summed E-state index contributed by atoms with van der Waals surface area (Å²) in [6, 6.07) is 7.30. The Labute approximate surface area is 87.1 Å². The molecule has 0 fully saturated rings.